The van der Waals surface area contributed by atoms with Crippen molar-refractivity contribution in [3.8, 4) is 0 Å². The number of hydrogen-bond acceptors (Lipinski definition) is 4. The Morgan fingerprint density at radius 3 is 2.60 bits per heavy atom. The summed E-state index contributed by atoms with van der Waals surface area (Å²) in [6.07, 6.45) is -0.0310. The quantitative estimate of drug-likeness (QED) is 0.323. The van der Waals surface area contributed by atoms with E-state index in [1.807, 2.05) is 30.3 Å². The van der Waals surface area contributed by atoms with E-state index < -0.39 is 6.16 Å². The molecule has 1 heterocycles. The summed E-state index contributed by atoms with van der Waals surface area (Å²) < 4.78 is 16.8. The second-order valence-corrected chi connectivity index (χ2v) is 5.78. The number of halogens is 1. The zero-order chi connectivity index (χ0) is 14.4. The Labute approximate surface area is 132 Å². The predicted molar refractivity (Wildman–Crippen MR) is 83.9 cm³/mol. The highest BCUT2D eigenvalue weighted by molar-refractivity contribution is 14.1. The molecule has 1 aliphatic rings. The molecular weight excluding hydrogens is 371 g/mol. The Morgan fingerprint density at radius 2 is 1.90 bits per heavy atom. The predicted octanol–water partition coefficient (Wildman–Crippen LogP) is 3.57. The van der Waals surface area contributed by atoms with Gasteiger partial charge in [-0.2, -0.15) is 0 Å². The van der Waals surface area contributed by atoms with Gasteiger partial charge in [0.2, 0.25) is 0 Å². The molecular formula is C15H19IO4. The SMILES string of the molecule is C[C@@H]1[C@@H](CI)OC(=O)O[C@@H]1CCOCc1ccccc1. The van der Waals surface area contributed by atoms with Crippen molar-refractivity contribution in [1.29, 1.82) is 0 Å². The fourth-order valence-corrected chi connectivity index (χ4v) is 3.17. The normalized spacial score (nSPS) is 25.9. The van der Waals surface area contributed by atoms with E-state index in [1.54, 1.807) is 0 Å². The molecule has 20 heavy (non-hydrogen) atoms. The summed E-state index contributed by atoms with van der Waals surface area (Å²) in [6.45, 7) is 3.21. The molecule has 1 aliphatic heterocycles. The molecule has 0 aliphatic carbocycles. The Morgan fingerprint density at radius 1 is 1.20 bits per heavy atom. The van der Waals surface area contributed by atoms with Crippen LogP contribution in [0.2, 0.25) is 0 Å². The Kier molecular flexibility index (Phi) is 6.09. The van der Waals surface area contributed by atoms with Crippen LogP contribution < -0.4 is 0 Å². The van der Waals surface area contributed by atoms with E-state index in [9.17, 15) is 4.79 Å². The molecule has 0 radical (unpaired) electrons. The lowest BCUT2D eigenvalue weighted by atomic mass is 9.96. The highest BCUT2D eigenvalue weighted by Crippen LogP contribution is 2.25. The zero-order valence-electron chi connectivity index (χ0n) is 11.5. The number of carbonyl (C=O) groups is 1. The van der Waals surface area contributed by atoms with Gasteiger partial charge >= 0.3 is 6.16 Å². The molecule has 0 amide bonds. The van der Waals surface area contributed by atoms with Gasteiger partial charge in [-0.05, 0) is 5.56 Å². The van der Waals surface area contributed by atoms with E-state index in [4.69, 9.17) is 14.2 Å². The molecule has 0 N–H and O–H groups in total. The van der Waals surface area contributed by atoms with E-state index in [-0.39, 0.29) is 18.1 Å². The lowest BCUT2D eigenvalue weighted by Gasteiger charge is -2.34. The lowest BCUT2D eigenvalue weighted by molar-refractivity contribution is -0.0940. The van der Waals surface area contributed by atoms with Crippen molar-refractivity contribution in [2.45, 2.75) is 32.2 Å². The van der Waals surface area contributed by atoms with E-state index >= 15 is 0 Å². The van der Waals surface area contributed by atoms with Crippen molar-refractivity contribution in [2.75, 3.05) is 11.0 Å². The summed E-state index contributed by atoms with van der Waals surface area (Å²) in [7, 11) is 0. The van der Waals surface area contributed by atoms with Gasteiger partial charge in [-0.25, -0.2) is 4.79 Å². The number of alkyl halides is 1. The first-order chi connectivity index (χ1) is 9.70. The van der Waals surface area contributed by atoms with E-state index in [0.717, 1.165) is 9.99 Å². The summed E-state index contributed by atoms with van der Waals surface area (Å²) in [5, 5.41) is 0. The molecule has 0 unspecified atom stereocenters. The van der Waals surface area contributed by atoms with Gasteiger partial charge in [0.05, 0.1) is 13.2 Å². The molecule has 2 rings (SSSR count). The number of hydrogen-bond donors (Lipinski definition) is 0. The monoisotopic (exact) mass is 390 g/mol. The third-order valence-electron chi connectivity index (χ3n) is 3.48. The van der Waals surface area contributed by atoms with Crippen LogP contribution >= 0.6 is 22.6 Å². The van der Waals surface area contributed by atoms with Crippen molar-refractivity contribution >= 4 is 28.7 Å². The maximum Gasteiger partial charge on any atom is 0.508 e. The van der Waals surface area contributed by atoms with Gasteiger partial charge in [-0.15, -0.1) is 0 Å². The first-order valence-corrected chi connectivity index (χ1v) is 8.28. The average molecular weight is 390 g/mol. The summed E-state index contributed by atoms with van der Waals surface area (Å²) in [6, 6.07) is 10.0. The van der Waals surface area contributed by atoms with Crippen LogP contribution in [0.4, 0.5) is 4.79 Å². The van der Waals surface area contributed by atoms with Gasteiger partial charge in [0.25, 0.3) is 0 Å². The third-order valence-corrected chi connectivity index (χ3v) is 4.35. The molecule has 1 saturated heterocycles. The molecule has 0 aromatic heterocycles. The summed E-state index contributed by atoms with van der Waals surface area (Å²) >= 11 is 2.23. The van der Waals surface area contributed by atoms with Gasteiger partial charge < -0.3 is 14.2 Å². The fourth-order valence-electron chi connectivity index (χ4n) is 2.19. The van der Waals surface area contributed by atoms with Crippen LogP contribution in [-0.2, 0) is 20.8 Å². The molecule has 0 bridgehead atoms. The highest BCUT2D eigenvalue weighted by atomic mass is 127. The number of rotatable bonds is 6. The molecule has 1 aromatic rings. The van der Waals surface area contributed by atoms with Gasteiger partial charge in [-0.1, -0.05) is 59.8 Å². The van der Waals surface area contributed by atoms with Gasteiger partial charge in [0.1, 0.15) is 12.2 Å². The average Bonchev–Trinajstić information content (AvgIpc) is 2.47. The van der Waals surface area contributed by atoms with Crippen LogP contribution in [0.25, 0.3) is 0 Å². The summed E-state index contributed by atoms with van der Waals surface area (Å²) in [4.78, 5) is 11.4. The maximum atomic E-state index is 11.4. The summed E-state index contributed by atoms with van der Waals surface area (Å²) in [5.41, 5.74) is 1.15. The second kappa shape index (κ2) is 7.83. The van der Waals surface area contributed by atoms with Crippen LogP contribution in [-0.4, -0.2) is 29.4 Å². The second-order valence-electron chi connectivity index (χ2n) is 4.90. The van der Waals surface area contributed by atoms with Crippen LogP contribution in [0, 0.1) is 5.92 Å². The van der Waals surface area contributed by atoms with Crippen LogP contribution in [0.15, 0.2) is 30.3 Å². The third kappa shape index (κ3) is 4.34. The van der Waals surface area contributed by atoms with Gasteiger partial charge in [-0.3, -0.25) is 0 Å². The van der Waals surface area contributed by atoms with Crippen LogP contribution in [0.1, 0.15) is 18.9 Å². The highest BCUT2D eigenvalue weighted by Gasteiger charge is 2.36. The first kappa shape index (κ1) is 15.6. The fraction of sp³-hybridized carbons (Fsp3) is 0.533. The first-order valence-electron chi connectivity index (χ1n) is 6.75. The molecule has 5 heteroatoms. The van der Waals surface area contributed by atoms with Crippen molar-refractivity contribution < 1.29 is 19.0 Å². The van der Waals surface area contributed by atoms with E-state index in [1.165, 1.54) is 0 Å². The number of carbonyl (C=O) groups excluding carboxylic acids is 1. The standard InChI is InChI=1S/C15H19IO4/c1-11-13(19-15(17)20-14(11)9-16)7-8-18-10-12-5-3-2-4-6-12/h2-6,11,13-14H,7-10H2,1H3/t11-,13+,14+/m0/s1. The van der Waals surface area contributed by atoms with Crippen LogP contribution in [0.5, 0.6) is 0 Å². The summed E-state index contributed by atoms with van der Waals surface area (Å²) in [5.74, 6) is 0.199. The Hall–Kier alpha value is -0.820. The molecule has 0 spiro atoms. The minimum Gasteiger partial charge on any atom is -0.430 e. The van der Waals surface area contributed by atoms with Gasteiger partial charge in [0.15, 0.2) is 0 Å². The molecule has 110 valence electrons. The topological polar surface area (TPSA) is 44.8 Å². The lowest BCUT2D eigenvalue weighted by Crippen LogP contribution is -2.43. The molecule has 0 saturated carbocycles. The maximum absolute atomic E-state index is 11.4. The Bertz CT molecular complexity index is 423. The zero-order valence-corrected chi connectivity index (χ0v) is 13.6. The van der Waals surface area contributed by atoms with Crippen LogP contribution in [0.3, 0.4) is 0 Å². The van der Waals surface area contributed by atoms with Gasteiger partial charge in [0, 0.05) is 16.8 Å². The number of ether oxygens (including phenoxy) is 3. The van der Waals surface area contributed by atoms with Crippen molar-refractivity contribution in [2.24, 2.45) is 5.92 Å². The molecule has 1 aromatic carbocycles. The Balaban J connectivity index is 1.74. The van der Waals surface area contributed by atoms with Crippen molar-refractivity contribution in [3.05, 3.63) is 35.9 Å². The number of cyclic esters (lactones) is 2. The largest absolute Gasteiger partial charge is 0.508 e. The molecule has 3 atom stereocenters. The molecule has 1 fully saturated rings. The van der Waals surface area contributed by atoms with E-state index in [2.05, 4.69) is 29.5 Å². The minimum absolute atomic E-state index is 0.0593. The smallest absolute Gasteiger partial charge is 0.430 e. The minimum atomic E-state index is -0.558. The van der Waals surface area contributed by atoms with Crippen molar-refractivity contribution in [3.63, 3.8) is 0 Å². The number of benzene rings is 1. The van der Waals surface area contributed by atoms with Crippen molar-refractivity contribution in [1.82, 2.24) is 0 Å². The van der Waals surface area contributed by atoms with E-state index in [0.29, 0.717) is 19.6 Å². The molecule has 4 nitrogen and oxygen atoms in total.